The zero-order valence-corrected chi connectivity index (χ0v) is 11.3. The molecule has 1 N–H and O–H groups in total. The van der Waals surface area contributed by atoms with Crippen molar-refractivity contribution in [1.82, 2.24) is 0 Å². The topological polar surface area (TPSA) is 29.5 Å². The van der Waals surface area contributed by atoms with E-state index < -0.39 is 8.32 Å². The van der Waals surface area contributed by atoms with E-state index in [0.29, 0.717) is 6.61 Å². The van der Waals surface area contributed by atoms with Crippen molar-refractivity contribution in [2.75, 3.05) is 6.61 Å². The summed E-state index contributed by atoms with van der Waals surface area (Å²) in [6, 6.07) is 0. The zero-order valence-electron chi connectivity index (χ0n) is 10.3. The first kappa shape index (κ1) is 13.9. The van der Waals surface area contributed by atoms with Crippen LogP contribution in [0.3, 0.4) is 0 Å². The Morgan fingerprint density at radius 2 is 1.86 bits per heavy atom. The van der Waals surface area contributed by atoms with Crippen LogP contribution in [0.15, 0.2) is 12.2 Å². The van der Waals surface area contributed by atoms with Crippen molar-refractivity contribution in [2.45, 2.75) is 51.9 Å². The third-order valence-corrected chi connectivity index (χ3v) is 7.26. The van der Waals surface area contributed by atoms with Crippen LogP contribution in [0.5, 0.6) is 0 Å². The van der Waals surface area contributed by atoms with E-state index in [2.05, 4.69) is 33.9 Å². The first-order valence-corrected chi connectivity index (χ1v) is 8.06. The molecule has 0 aliphatic carbocycles. The van der Waals surface area contributed by atoms with Crippen LogP contribution < -0.4 is 0 Å². The van der Waals surface area contributed by atoms with Gasteiger partial charge < -0.3 is 9.53 Å². The summed E-state index contributed by atoms with van der Waals surface area (Å²) in [5, 5.41) is 9.27. The number of hydrogen-bond acceptors (Lipinski definition) is 2. The van der Waals surface area contributed by atoms with Gasteiger partial charge in [-0.05, 0) is 25.1 Å². The average molecular weight is 216 g/mol. The van der Waals surface area contributed by atoms with Crippen LogP contribution in [0.1, 0.15) is 27.7 Å². The summed E-state index contributed by atoms with van der Waals surface area (Å²) in [5.74, 6) is 0. The standard InChI is InChI=1S/C11H24O2Si/c1-10(12)8-7-9-13-14(5,6)11(2,3)4/h7-8,10,12H,9H2,1-6H3/b8-7-/t10-/m0/s1. The van der Waals surface area contributed by atoms with Crippen molar-refractivity contribution >= 4 is 8.32 Å². The summed E-state index contributed by atoms with van der Waals surface area (Å²) in [6.07, 6.45) is 3.27. The molecular formula is C11H24O2Si. The summed E-state index contributed by atoms with van der Waals surface area (Å²) in [7, 11) is -1.61. The van der Waals surface area contributed by atoms with Crippen LogP contribution in [0.25, 0.3) is 0 Å². The largest absolute Gasteiger partial charge is 0.413 e. The van der Waals surface area contributed by atoms with Crippen molar-refractivity contribution in [3.8, 4) is 0 Å². The van der Waals surface area contributed by atoms with Crippen LogP contribution in [-0.2, 0) is 4.43 Å². The molecule has 0 unspecified atom stereocenters. The van der Waals surface area contributed by atoms with Gasteiger partial charge in [0, 0.05) is 0 Å². The highest BCUT2D eigenvalue weighted by molar-refractivity contribution is 6.74. The van der Waals surface area contributed by atoms with Gasteiger partial charge in [0.1, 0.15) is 0 Å². The van der Waals surface area contributed by atoms with Crippen molar-refractivity contribution < 1.29 is 9.53 Å². The van der Waals surface area contributed by atoms with Crippen molar-refractivity contribution in [3.05, 3.63) is 12.2 Å². The summed E-state index contributed by atoms with van der Waals surface area (Å²) in [5.41, 5.74) is 0. The van der Waals surface area contributed by atoms with Gasteiger partial charge >= 0.3 is 0 Å². The van der Waals surface area contributed by atoms with Crippen molar-refractivity contribution in [3.63, 3.8) is 0 Å². The normalized spacial score (nSPS) is 16.2. The van der Waals surface area contributed by atoms with Crippen LogP contribution in [-0.4, -0.2) is 26.1 Å². The Kier molecular flexibility index (Phi) is 5.05. The molecule has 0 spiro atoms. The molecule has 1 atom stereocenters. The lowest BCUT2D eigenvalue weighted by Crippen LogP contribution is -2.40. The fraction of sp³-hybridized carbons (Fsp3) is 0.818. The summed E-state index contributed by atoms with van der Waals surface area (Å²) >= 11 is 0. The van der Waals surface area contributed by atoms with E-state index in [0.717, 1.165) is 0 Å². The monoisotopic (exact) mass is 216 g/mol. The summed E-state index contributed by atoms with van der Waals surface area (Å²) in [4.78, 5) is 0. The van der Waals surface area contributed by atoms with Gasteiger partial charge in [0.05, 0.1) is 12.7 Å². The Bertz CT molecular complexity index is 190. The molecular weight excluding hydrogens is 192 g/mol. The van der Waals surface area contributed by atoms with E-state index in [1.54, 1.807) is 13.0 Å². The van der Waals surface area contributed by atoms with E-state index in [-0.39, 0.29) is 11.1 Å². The van der Waals surface area contributed by atoms with E-state index in [1.807, 2.05) is 6.08 Å². The average Bonchev–Trinajstić information content (AvgIpc) is 1.95. The van der Waals surface area contributed by atoms with Gasteiger partial charge in [-0.25, -0.2) is 0 Å². The molecule has 0 bridgehead atoms. The highest BCUT2D eigenvalue weighted by atomic mass is 28.4. The number of aliphatic hydroxyl groups excluding tert-OH is 1. The second kappa shape index (κ2) is 5.10. The molecule has 0 radical (unpaired) electrons. The molecule has 0 aromatic heterocycles. The number of hydrogen-bond donors (Lipinski definition) is 1. The first-order valence-electron chi connectivity index (χ1n) is 5.15. The van der Waals surface area contributed by atoms with Crippen LogP contribution in [0.2, 0.25) is 18.1 Å². The quantitative estimate of drug-likeness (QED) is 0.578. The van der Waals surface area contributed by atoms with Crippen LogP contribution in [0.4, 0.5) is 0 Å². The van der Waals surface area contributed by atoms with Gasteiger partial charge in [-0.2, -0.15) is 0 Å². The molecule has 0 saturated carbocycles. The Balaban J connectivity index is 4.01. The van der Waals surface area contributed by atoms with E-state index in [9.17, 15) is 0 Å². The third kappa shape index (κ3) is 4.93. The molecule has 14 heavy (non-hydrogen) atoms. The maximum Gasteiger partial charge on any atom is 0.192 e. The Morgan fingerprint density at radius 3 is 2.21 bits per heavy atom. The summed E-state index contributed by atoms with van der Waals surface area (Å²) in [6.45, 7) is 13.5. The molecule has 2 nitrogen and oxygen atoms in total. The number of aliphatic hydroxyl groups is 1. The smallest absolute Gasteiger partial charge is 0.192 e. The van der Waals surface area contributed by atoms with Gasteiger partial charge in [-0.15, -0.1) is 0 Å². The molecule has 3 heteroatoms. The molecule has 0 aromatic rings. The zero-order chi connectivity index (χ0) is 11.4. The maximum absolute atomic E-state index is 9.01. The van der Waals surface area contributed by atoms with Gasteiger partial charge in [0.2, 0.25) is 0 Å². The van der Waals surface area contributed by atoms with E-state index in [4.69, 9.17) is 9.53 Å². The Labute approximate surface area is 89.1 Å². The lowest BCUT2D eigenvalue weighted by atomic mass is 10.2. The molecule has 84 valence electrons. The van der Waals surface area contributed by atoms with Gasteiger partial charge in [-0.3, -0.25) is 0 Å². The fourth-order valence-electron chi connectivity index (χ4n) is 0.725. The molecule has 0 aromatic carbocycles. The highest BCUT2D eigenvalue weighted by Gasteiger charge is 2.36. The fourth-order valence-corrected chi connectivity index (χ4v) is 1.67. The lowest BCUT2D eigenvalue weighted by Gasteiger charge is -2.35. The third-order valence-electron chi connectivity index (χ3n) is 2.76. The van der Waals surface area contributed by atoms with Crippen molar-refractivity contribution in [2.24, 2.45) is 0 Å². The van der Waals surface area contributed by atoms with Gasteiger partial charge in [0.25, 0.3) is 0 Å². The predicted octanol–water partition coefficient (Wildman–Crippen LogP) is 2.95. The minimum Gasteiger partial charge on any atom is -0.413 e. The predicted molar refractivity (Wildman–Crippen MR) is 64.0 cm³/mol. The minimum absolute atomic E-state index is 0.256. The molecule has 0 saturated heterocycles. The maximum atomic E-state index is 9.01. The second-order valence-corrected chi connectivity index (χ2v) is 10.0. The molecule has 0 fully saturated rings. The van der Waals surface area contributed by atoms with Crippen molar-refractivity contribution in [1.29, 1.82) is 0 Å². The lowest BCUT2D eigenvalue weighted by molar-refractivity contribution is 0.242. The number of rotatable bonds is 4. The second-order valence-electron chi connectivity index (χ2n) is 5.24. The summed E-state index contributed by atoms with van der Waals surface area (Å²) < 4.78 is 5.89. The molecule has 0 heterocycles. The van der Waals surface area contributed by atoms with Crippen LogP contribution in [0, 0.1) is 0 Å². The van der Waals surface area contributed by atoms with Crippen LogP contribution >= 0.6 is 0 Å². The van der Waals surface area contributed by atoms with E-state index >= 15 is 0 Å². The first-order chi connectivity index (χ1) is 6.17. The molecule has 0 aliphatic heterocycles. The van der Waals surface area contributed by atoms with Gasteiger partial charge in [-0.1, -0.05) is 32.9 Å². The Morgan fingerprint density at radius 1 is 1.36 bits per heavy atom. The molecule has 0 aliphatic rings. The molecule has 0 rings (SSSR count). The Hall–Kier alpha value is -0.123. The van der Waals surface area contributed by atoms with Gasteiger partial charge in [0.15, 0.2) is 8.32 Å². The highest BCUT2D eigenvalue weighted by Crippen LogP contribution is 2.36. The SMILES string of the molecule is C[C@H](O)/C=C\CO[Si](C)(C)C(C)(C)C. The molecule has 0 amide bonds. The van der Waals surface area contributed by atoms with E-state index in [1.165, 1.54) is 0 Å². The minimum atomic E-state index is -1.61.